The van der Waals surface area contributed by atoms with Crippen LogP contribution in [0.4, 0.5) is 28.4 Å². The number of unbranched alkanes of at least 4 members (excludes halogenated alkanes) is 2. The zero-order valence-corrected chi connectivity index (χ0v) is 50.8. The first-order valence-electron chi connectivity index (χ1n) is 30.4. The van der Waals surface area contributed by atoms with Gasteiger partial charge in [-0.25, -0.2) is 0 Å². The highest BCUT2D eigenvalue weighted by Gasteiger charge is 2.15. The van der Waals surface area contributed by atoms with Gasteiger partial charge in [0.15, 0.2) is 0 Å². The first kappa shape index (κ1) is 62.3. The lowest BCUT2D eigenvalue weighted by Crippen LogP contribution is -2.32. The molecule has 0 aliphatic heterocycles. The summed E-state index contributed by atoms with van der Waals surface area (Å²) in [5, 5.41) is 18.6. The maximum Gasteiger partial charge on any atom is 0.270 e. The molecule has 0 saturated carbocycles. The van der Waals surface area contributed by atoms with Crippen LogP contribution in [0.15, 0.2) is 181 Å². The Morgan fingerprint density at radius 2 is 0.847 bits per heavy atom. The van der Waals surface area contributed by atoms with E-state index in [0.717, 1.165) is 167 Å². The van der Waals surface area contributed by atoms with E-state index in [4.69, 9.17) is 0 Å². The summed E-state index contributed by atoms with van der Waals surface area (Å²) in [5.74, 6) is 0. The quantitative estimate of drug-likeness (QED) is 0.0180. The summed E-state index contributed by atoms with van der Waals surface area (Å²) in [6.07, 6.45) is 19.2. The number of hydrogen-bond acceptors (Lipinski definition) is 12. The summed E-state index contributed by atoms with van der Waals surface area (Å²) in [7, 11) is 4.14. The molecule has 0 fully saturated rings. The Bertz CT molecular complexity index is 3730. The summed E-state index contributed by atoms with van der Waals surface area (Å²) in [5.41, 5.74) is 12.0. The SMILES string of the molecule is CCN=C1C=CC(=C(C=CC=C(c2ccc(N(C)C)cc2)c2ccc(N(CC)CCNCCCCN(CC)c3ccc4c(=O)[nH][nH]c(=O)c4c3)cc2)c2ccc(N(CC)CCNCCCCN(CC)c3ccc4c(=O)[nH][nH]c(=O)c4c3)cc2)C=C1. The van der Waals surface area contributed by atoms with Crippen LogP contribution in [-0.2, 0) is 0 Å². The summed E-state index contributed by atoms with van der Waals surface area (Å²) in [6, 6.07) is 37.7. The lowest BCUT2D eigenvalue weighted by molar-refractivity contribution is 0.608. The molecule has 0 amide bonds. The Morgan fingerprint density at radius 1 is 0.447 bits per heavy atom. The summed E-state index contributed by atoms with van der Waals surface area (Å²) in [4.78, 5) is 65.4. The highest BCUT2D eigenvalue weighted by molar-refractivity contribution is 6.07. The summed E-state index contributed by atoms with van der Waals surface area (Å²) in [6.45, 7) is 21.8. The number of anilines is 5. The van der Waals surface area contributed by atoms with Crippen molar-refractivity contribution in [3.05, 3.63) is 215 Å². The molecule has 2 heterocycles. The normalized spacial score (nSPS) is 12.4. The molecule has 0 bridgehead atoms. The third-order valence-electron chi connectivity index (χ3n) is 15.8. The smallest absolute Gasteiger partial charge is 0.270 e. The molecule has 16 nitrogen and oxygen atoms in total. The van der Waals surface area contributed by atoms with Gasteiger partial charge in [-0.1, -0.05) is 66.8 Å². The van der Waals surface area contributed by atoms with Gasteiger partial charge in [0, 0.05) is 115 Å². The van der Waals surface area contributed by atoms with Gasteiger partial charge in [0.2, 0.25) is 0 Å². The topological polar surface area (TPSA) is 184 Å². The number of aromatic amines is 4. The maximum absolute atomic E-state index is 12.4. The highest BCUT2D eigenvalue weighted by Crippen LogP contribution is 2.31. The highest BCUT2D eigenvalue weighted by atomic mass is 16.2. The standard InChI is InChI=1S/C69H86N12O4/c1-8-72-54-28-20-50(21-29-54)60(52-24-32-56(33-25-52)80(11-4)46-42-70-40-13-15-44-78(9-2)58-36-38-62-64(48-58)68(84)75-73-66(62)82)18-17-19-61(51-22-30-55(31-23-51)77(6)7)53-26-34-57(35-27-53)81(12-5)47-43-71-41-14-16-45-79(10-3)59-37-39-63-65(49-59)69(85)76-74-67(63)83/h17-39,48-49,70-71H,8-16,40-47H2,1-7H3,(H,73,82)(H,74,83)(H,75,84)(H,76,85). The van der Waals surface area contributed by atoms with E-state index in [0.29, 0.717) is 21.5 Å². The van der Waals surface area contributed by atoms with Gasteiger partial charge in [-0.05, 0) is 192 Å². The number of aliphatic imine (C=N–C) groups is 1. The number of likely N-dealkylation sites (N-methyl/N-ethyl adjacent to an activating group) is 2. The number of rotatable bonds is 31. The molecule has 0 radical (unpaired) electrons. The second kappa shape index (κ2) is 31.2. The van der Waals surface area contributed by atoms with Crippen molar-refractivity contribution in [2.75, 3.05) is 124 Å². The Labute approximate surface area is 500 Å². The lowest BCUT2D eigenvalue weighted by Gasteiger charge is -2.24. The number of nitrogens with zero attached hydrogens (tertiary/aromatic N) is 6. The van der Waals surface area contributed by atoms with Gasteiger partial charge in [-0.15, -0.1) is 0 Å². The largest absolute Gasteiger partial charge is 0.378 e. The average Bonchev–Trinajstić information content (AvgIpc) is 3.41. The summed E-state index contributed by atoms with van der Waals surface area (Å²) >= 11 is 0. The minimum absolute atomic E-state index is 0.292. The molecular weight excluding hydrogens is 1060 g/mol. The second-order valence-corrected chi connectivity index (χ2v) is 21.4. The van der Waals surface area contributed by atoms with Crippen molar-refractivity contribution in [2.24, 2.45) is 4.99 Å². The molecule has 16 heteroatoms. The van der Waals surface area contributed by atoms with Crippen LogP contribution in [0.1, 0.15) is 77.0 Å². The molecule has 0 atom stereocenters. The number of benzene rings is 5. The van der Waals surface area contributed by atoms with Crippen LogP contribution in [0.2, 0.25) is 0 Å². The van der Waals surface area contributed by atoms with E-state index in [-0.39, 0.29) is 22.2 Å². The van der Waals surface area contributed by atoms with Gasteiger partial charge in [0.25, 0.3) is 22.2 Å². The third kappa shape index (κ3) is 16.5. The summed E-state index contributed by atoms with van der Waals surface area (Å²) < 4.78 is 0. The molecule has 2 aromatic heterocycles. The van der Waals surface area contributed by atoms with E-state index in [1.807, 2.05) is 24.3 Å². The van der Waals surface area contributed by atoms with E-state index in [2.05, 4.69) is 225 Å². The van der Waals surface area contributed by atoms with E-state index >= 15 is 0 Å². The fourth-order valence-electron chi connectivity index (χ4n) is 10.9. The van der Waals surface area contributed by atoms with Gasteiger partial charge in [0.1, 0.15) is 0 Å². The minimum atomic E-state index is -0.295. The van der Waals surface area contributed by atoms with Crippen LogP contribution >= 0.6 is 0 Å². The second-order valence-electron chi connectivity index (χ2n) is 21.4. The van der Waals surface area contributed by atoms with Crippen molar-refractivity contribution >= 4 is 66.8 Å². The molecular formula is C69H86N12O4. The Hall–Kier alpha value is -8.73. The van der Waals surface area contributed by atoms with Crippen LogP contribution in [0.25, 0.3) is 32.7 Å². The van der Waals surface area contributed by atoms with Gasteiger partial charge in [0.05, 0.1) is 27.3 Å². The Balaban J connectivity index is 0.890. The van der Waals surface area contributed by atoms with E-state index in [1.165, 1.54) is 11.4 Å². The molecule has 1 aliphatic carbocycles. The van der Waals surface area contributed by atoms with E-state index in [1.54, 1.807) is 12.1 Å². The van der Waals surface area contributed by atoms with E-state index < -0.39 is 0 Å². The molecule has 7 aromatic rings. The number of allylic oxidation sites excluding steroid dienone is 9. The number of nitrogens with one attached hydrogen (secondary N) is 6. The van der Waals surface area contributed by atoms with Crippen molar-refractivity contribution in [2.45, 2.75) is 60.3 Å². The minimum Gasteiger partial charge on any atom is -0.378 e. The number of fused-ring (bicyclic) bond motifs is 2. The van der Waals surface area contributed by atoms with Crippen LogP contribution in [0.3, 0.4) is 0 Å². The van der Waals surface area contributed by atoms with Gasteiger partial charge in [-0.3, -0.25) is 44.6 Å². The van der Waals surface area contributed by atoms with Crippen molar-refractivity contribution in [3.8, 4) is 0 Å². The number of aromatic nitrogens is 4. The zero-order valence-electron chi connectivity index (χ0n) is 50.8. The fraction of sp³-hybridized carbons (Fsp3) is 0.348. The third-order valence-corrected chi connectivity index (χ3v) is 15.8. The van der Waals surface area contributed by atoms with Gasteiger partial charge in [-0.2, -0.15) is 0 Å². The fourth-order valence-corrected chi connectivity index (χ4v) is 10.9. The maximum atomic E-state index is 12.4. The molecule has 1 aliphatic rings. The van der Waals surface area contributed by atoms with Gasteiger partial charge < -0.3 is 35.1 Å². The molecule has 0 unspecified atom stereocenters. The molecule has 0 spiro atoms. The van der Waals surface area contributed by atoms with Crippen molar-refractivity contribution < 1.29 is 0 Å². The van der Waals surface area contributed by atoms with Crippen LogP contribution < -0.4 is 57.4 Å². The molecule has 85 heavy (non-hydrogen) atoms. The van der Waals surface area contributed by atoms with Crippen LogP contribution in [0.5, 0.6) is 0 Å². The van der Waals surface area contributed by atoms with Crippen molar-refractivity contribution in [3.63, 3.8) is 0 Å². The van der Waals surface area contributed by atoms with E-state index in [9.17, 15) is 19.2 Å². The van der Waals surface area contributed by atoms with Crippen LogP contribution in [-0.4, -0.2) is 125 Å². The van der Waals surface area contributed by atoms with Gasteiger partial charge >= 0.3 is 0 Å². The van der Waals surface area contributed by atoms with Crippen molar-refractivity contribution in [1.82, 2.24) is 31.0 Å². The molecule has 446 valence electrons. The molecule has 8 rings (SSSR count). The Kier molecular flexibility index (Phi) is 22.9. The average molecular weight is 1150 g/mol. The molecule has 5 aromatic carbocycles. The lowest BCUT2D eigenvalue weighted by atomic mass is 9.94. The zero-order chi connectivity index (χ0) is 60.1. The first-order chi connectivity index (χ1) is 41.4. The van der Waals surface area contributed by atoms with Crippen LogP contribution in [0, 0.1) is 0 Å². The predicted octanol–water partition coefficient (Wildman–Crippen LogP) is 10.3. The number of H-pyrrole nitrogens is 4. The first-order valence-corrected chi connectivity index (χ1v) is 30.4. The molecule has 0 saturated heterocycles. The Morgan fingerprint density at radius 3 is 1.27 bits per heavy atom. The predicted molar refractivity (Wildman–Crippen MR) is 359 cm³/mol. The number of hydrogen-bond donors (Lipinski definition) is 6. The molecule has 6 N–H and O–H groups in total. The monoisotopic (exact) mass is 1150 g/mol. The van der Waals surface area contributed by atoms with Crippen molar-refractivity contribution in [1.29, 1.82) is 0 Å².